The molecule has 0 unspecified atom stereocenters. The van der Waals surface area contributed by atoms with Crippen molar-refractivity contribution in [3.63, 3.8) is 0 Å². The highest BCUT2D eigenvalue weighted by atomic mass is 32.2. The van der Waals surface area contributed by atoms with Gasteiger partial charge < -0.3 is 0 Å². The summed E-state index contributed by atoms with van der Waals surface area (Å²) in [7, 11) is -0.295. The van der Waals surface area contributed by atoms with E-state index < -0.39 is 10.2 Å². The van der Waals surface area contributed by atoms with Gasteiger partial charge in [-0.05, 0) is 25.8 Å². The molecule has 0 bridgehead atoms. The van der Waals surface area contributed by atoms with Gasteiger partial charge in [0.1, 0.15) is 5.69 Å². The number of aryl methyl sites for hydroxylation is 1. The van der Waals surface area contributed by atoms with Gasteiger partial charge in [-0.15, -0.1) is 0 Å². The van der Waals surface area contributed by atoms with E-state index in [1.165, 1.54) is 8.61 Å². The quantitative estimate of drug-likeness (QED) is 0.799. The monoisotopic (exact) mass is 364 g/mol. The first-order valence-electron chi connectivity index (χ1n) is 8.45. The zero-order valence-electron chi connectivity index (χ0n) is 14.8. The third-order valence-electron chi connectivity index (χ3n) is 4.54. The van der Waals surface area contributed by atoms with Crippen LogP contribution in [0.1, 0.15) is 31.4 Å². The highest BCUT2D eigenvalue weighted by molar-refractivity contribution is 7.86. The molecule has 1 aliphatic rings. The molecule has 0 aromatic carbocycles. The molecular weight excluding hydrogens is 340 g/mol. The van der Waals surface area contributed by atoms with Gasteiger partial charge in [-0.3, -0.25) is 14.6 Å². The summed E-state index contributed by atoms with van der Waals surface area (Å²) in [6.45, 7) is 3.73. The summed E-state index contributed by atoms with van der Waals surface area (Å²) in [5.41, 5.74) is 2.55. The van der Waals surface area contributed by atoms with E-state index in [1.807, 2.05) is 17.7 Å². The zero-order chi connectivity index (χ0) is 18.0. The highest BCUT2D eigenvalue weighted by Gasteiger charge is 2.33. The molecule has 1 aliphatic heterocycles. The van der Waals surface area contributed by atoms with E-state index >= 15 is 0 Å². The Morgan fingerprint density at radius 1 is 1.24 bits per heavy atom. The summed E-state index contributed by atoms with van der Waals surface area (Å²) in [6, 6.07) is 1.92. The van der Waals surface area contributed by atoms with Gasteiger partial charge in [-0.2, -0.15) is 22.1 Å². The Hall–Kier alpha value is -1.84. The van der Waals surface area contributed by atoms with Crippen molar-refractivity contribution in [1.82, 2.24) is 28.4 Å². The van der Waals surface area contributed by atoms with Crippen LogP contribution in [0.5, 0.6) is 0 Å². The average Bonchev–Trinajstić information content (AvgIpc) is 3.10. The van der Waals surface area contributed by atoms with Crippen molar-refractivity contribution in [2.45, 2.75) is 32.2 Å². The molecule has 3 rings (SSSR count). The minimum Gasteiger partial charge on any atom is -0.264 e. The fourth-order valence-electron chi connectivity index (χ4n) is 3.24. The number of piperidine rings is 1. The molecule has 1 saturated heterocycles. The summed E-state index contributed by atoms with van der Waals surface area (Å²) < 4.78 is 29.6. The van der Waals surface area contributed by atoms with E-state index in [0.29, 0.717) is 13.1 Å². The van der Waals surface area contributed by atoms with Gasteiger partial charge in [0.05, 0.1) is 11.4 Å². The van der Waals surface area contributed by atoms with E-state index in [4.69, 9.17) is 0 Å². The predicted octanol–water partition coefficient (Wildman–Crippen LogP) is 1.35. The molecule has 25 heavy (non-hydrogen) atoms. The Labute approximate surface area is 148 Å². The van der Waals surface area contributed by atoms with E-state index in [1.54, 1.807) is 32.7 Å². The van der Waals surface area contributed by atoms with Crippen molar-refractivity contribution in [2.24, 2.45) is 0 Å². The molecule has 0 spiro atoms. The maximum atomic E-state index is 12.5. The van der Waals surface area contributed by atoms with Gasteiger partial charge in [0.2, 0.25) is 0 Å². The van der Waals surface area contributed by atoms with Crippen molar-refractivity contribution in [3.8, 4) is 11.4 Å². The van der Waals surface area contributed by atoms with Crippen LogP contribution in [-0.2, 0) is 16.8 Å². The molecule has 2 aromatic heterocycles. The largest absolute Gasteiger partial charge is 0.281 e. The number of hydrogen-bond acceptors (Lipinski definition) is 5. The Kier molecular flexibility index (Phi) is 5.16. The Morgan fingerprint density at radius 2 is 2.00 bits per heavy atom. The van der Waals surface area contributed by atoms with Crippen molar-refractivity contribution < 1.29 is 8.42 Å². The maximum absolute atomic E-state index is 12.5. The lowest BCUT2D eigenvalue weighted by molar-refractivity contribution is 0.296. The Balaban J connectivity index is 1.95. The van der Waals surface area contributed by atoms with Gasteiger partial charge in [-0.1, -0.05) is 0 Å². The third-order valence-corrected chi connectivity index (χ3v) is 6.45. The minimum absolute atomic E-state index is 0.0207. The third kappa shape index (κ3) is 3.44. The maximum Gasteiger partial charge on any atom is 0.281 e. The van der Waals surface area contributed by atoms with E-state index in [0.717, 1.165) is 36.5 Å². The molecule has 9 heteroatoms. The van der Waals surface area contributed by atoms with Gasteiger partial charge >= 0.3 is 0 Å². The normalized spacial score (nSPS) is 19.4. The van der Waals surface area contributed by atoms with Gasteiger partial charge in [0, 0.05) is 58.2 Å². The van der Waals surface area contributed by atoms with Crippen molar-refractivity contribution in [1.29, 1.82) is 0 Å². The highest BCUT2D eigenvalue weighted by Crippen LogP contribution is 2.32. The van der Waals surface area contributed by atoms with Crippen LogP contribution >= 0.6 is 0 Å². The van der Waals surface area contributed by atoms with Crippen LogP contribution in [0.25, 0.3) is 11.4 Å². The summed E-state index contributed by atoms with van der Waals surface area (Å²) in [5.74, 6) is 0.0207. The SMILES string of the molecule is CCn1nccc1-c1nccnc1[C@H]1CCCN(S(=O)(=O)N(C)C)C1. The van der Waals surface area contributed by atoms with Gasteiger partial charge in [0.15, 0.2) is 0 Å². The van der Waals surface area contributed by atoms with Gasteiger partial charge in [0.25, 0.3) is 10.2 Å². The average molecular weight is 364 g/mol. The van der Waals surface area contributed by atoms with E-state index in [-0.39, 0.29) is 5.92 Å². The van der Waals surface area contributed by atoms with Crippen molar-refractivity contribution in [2.75, 3.05) is 27.2 Å². The zero-order valence-corrected chi connectivity index (χ0v) is 15.6. The second kappa shape index (κ2) is 7.19. The summed E-state index contributed by atoms with van der Waals surface area (Å²) >= 11 is 0. The first-order chi connectivity index (χ1) is 11.9. The van der Waals surface area contributed by atoms with Crippen LogP contribution in [0.2, 0.25) is 0 Å². The molecule has 3 heterocycles. The molecule has 8 nitrogen and oxygen atoms in total. The van der Waals surface area contributed by atoms with Crippen LogP contribution in [0.3, 0.4) is 0 Å². The van der Waals surface area contributed by atoms with Crippen LogP contribution < -0.4 is 0 Å². The molecule has 0 radical (unpaired) electrons. The molecule has 0 aliphatic carbocycles. The molecule has 136 valence electrons. The van der Waals surface area contributed by atoms with Crippen LogP contribution in [-0.4, -0.2) is 64.0 Å². The number of aromatic nitrogens is 4. The van der Waals surface area contributed by atoms with Crippen LogP contribution in [0, 0.1) is 0 Å². The lowest BCUT2D eigenvalue weighted by atomic mass is 9.93. The lowest BCUT2D eigenvalue weighted by Gasteiger charge is -2.33. The Bertz CT molecular complexity index is 833. The first-order valence-corrected chi connectivity index (χ1v) is 9.85. The molecule has 2 aromatic rings. The summed E-state index contributed by atoms with van der Waals surface area (Å²) in [6.07, 6.45) is 6.79. The van der Waals surface area contributed by atoms with Gasteiger partial charge in [-0.25, -0.2) is 0 Å². The smallest absolute Gasteiger partial charge is 0.264 e. The number of nitrogens with zero attached hydrogens (tertiary/aromatic N) is 6. The Morgan fingerprint density at radius 3 is 2.72 bits per heavy atom. The molecule has 0 saturated carbocycles. The predicted molar refractivity (Wildman–Crippen MR) is 95.1 cm³/mol. The fraction of sp³-hybridized carbons (Fsp3) is 0.562. The molecule has 0 N–H and O–H groups in total. The van der Waals surface area contributed by atoms with Crippen molar-refractivity contribution >= 4 is 10.2 Å². The number of rotatable bonds is 5. The van der Waals surface area contributed by atoms with Crippen molar-refractivity contribution in [3.05, 3.63) is 30.4 Å². The molecule has 0 amide bonds. The topological polar surface area (TPSA) is 84.2 Å². The molecule has 1 fully saturated rings. The summed E-state index contributed by atoms with van der Waals surface area (Å²) in [4.78, 5) is 9.08. The van der Waals surface area contributed by atoms with Crippen LogP contribution in [0.15, 0.2) is 24.7 Å². The van der Waals surface area contributed by atoms with E-state index in [9.17, 15) is 8.42 Å². The number of hydrogen-bond donors (Lipinski definition) is 0. The van der Waals surface area contributed by atoms with Crippen LogP contribution in [0.4, 0.5) is 0 Å². The second-order valence-corrected chi connectivity index (χ2v) is 8.45. The standard InChI is InChI=1S/C16H24N6O2S/c1-4-22-14(7-8-19-22)16-15(17-9-10-18-16)13-6-5-11-21(12-13)25(23,24)20(2)3/h7-10,13H,4-6,11-12H2,1-3H3/t13-/m0/s1. The van der Waals surface area contributed by atoms with E-state index in [2.05, 4.69) is 15.1 Å². The summed E-state index contributed by atoms with van der Waals surface area (Å²) in [5, 5.41) is 4.31. The molecule has 1 atom stereocenters. The minimum atomic E-state index is -3.42. The second-order valence-electron chi connectivity index (χ2n) is 6.31. The fourth-order valence-corrected chi connectivity index (χ4v) is 4.43. The molecular formula is C16H24N6O2S. The first kappa shape index (κ1) is 18.0. The lowest BCUT2D eigenvalue weighted by Crippen LogP contribution is -2.45.